The summed E-state index contributed by atoms with van der Waals surface area (Å²) in [5, 5.41) is 3.49. The highest BCUT2D eigenvalue weighted by Crippen LogP contribution is 2.30. The molecule has 3 nitrogen and oxygen atoms in total. The lowest BCUT2D eigenvalue weighted by molar-refractivity contribution is -0.126. The monoisotopic (exact) mass is 284 g/mol. The highest BCUT2D eigenvalue weighted by atomic mass is 16.2. The van der Waals surface area contributed by atoms with E-state index < -0.39 is 0 Å². The van der Waals surface area contributed by atoms with Crippen molar-refractivity contribution < 1.29 is 4.79 Å². The Bertz CT molecular complexity index is 487. The van der Waals surface area contributed by atoms with Gasteiger partial charge in [0.25, 0.3) is 0 Å². The number of amides is 1. The zero-order chi connectivity index (χ0) is 14.5. The smallest absolute Gasteiger partial charge is 0.246 e. The molecule has 1 heterocycles. The fraction of sp³-hybridized carbons (Fsp3) is 0.500. The molecule has 0 bridgehead atoms. The molecular weight excluding hydrogens is 260 g/mol. The molecule has 1 unspecified atom stereocenters. The maximum absolute atomic E-state index is 12.5. The predicted octanol–water partition coefficient (Wildman–Crippen LogP) is 2.69. The minimum absolute atomic E-state index is 0.152. The maximum Gasteiger partial charge on any atom is 0.246 e. The van der Waals surface area contributed by atoms with Gasteiger partial charge in [-0.1, -0.05) is 30.3 Å². The Morgan fingerprint density at radius 2 is 2.00 bits per heavy atom. The molecule has 1 N–H and O–H groups in total. The average molecular weight is 284 g/mol. The lowest BCUT2D eigenvalue weighted by atomic mass is 10.2. The molecule has 0 radical (unpaired) electrons. The summed E-state index contributed by atoms with van der Waals surface area (Å²) in [6, 6.07) is 10.5. The van der Waals surface area contributed by atoms with Crippen molar-refractivity contribution in [3.05, 3.63) is 42.0 Å². The summed E-state index contributed by atoms with van der Waals surface area (Å²) in [4.78, 5) is 14.5. The first-order chi connectivity index (χ1) is 10.3. The number of hydrogen-bond donors (Lipinski definition) is 1. The van der Waals surface area contributed by atoms with Gasteiger partial charge in [-0.05, 0) is 49.8 Å². The van der Waals surface area contributed by atoms with Gasteiger partial charge < -0.3 is 10.2 Å². The molecule has 2 fully saturated rings. The number of carbonyl (C=O) groups is 1. The fourth-order valence-electron chi connectivity index (χ4n) is 2.88. The van der Waals surface area contributed by atoms with Gasteiger partial charge in [-0.25, -0.2) is 0 Å². The Hall–Kier alpha value is -1.61. The molecule has 1 aliphatic carbocycles. The average Bonchev–Trinajstić information content (AvgIpc) is 3.18. The molecule has 1 aromatic rings. The first-order valence-electron chi connectivity index (χ1n) is 8.07. The Morgan fingerprint density at radius 1 is 1.19 bits per heavy atom. The summed E-state index contributed by atoms with van der Waals surface area (Å²) in [6.07, 6.45) is 8.64. The Kier molecular flexibility index (Phi) is 4.71. The molecule has 21 heavy (non-hydrogen) atoms. The molecule has 3 rings (SSSR count). The topological polar surface area (TPSA) is 32.3 Å². The van der Waals surface area contributed by atoms with E-state index in [2.05, 4.69) is 5.32 Å². The van der Waals surface area contributed by atoms with Gasteiger partial charge in [-0.15, -0.1) is 0 Å². The predicted molar refractivity (Wildman–Crippen MR) is 85.8 cm³/mol. The van der Waals surface area contributed by atoms with Crippen LogP contribution in [0.1, 0.15) is 31.2 Å². The molecule has 112 valence electrons. The summed E-state index contributed by atoms with van der Waals surface area (Å²) in [6.45, 7) is 2.88. The van der Waals surface area contributed by atoms with E-state index in [1.807, 2.05) is 41.3 Å². The van der Waals surface area contributed by atoms with E-state index >= 15 is 0 Å². The van der Waals surface area contributed by atoms with Crippen LogP contribution in [0.25, 0.3) is 6.08 Å². The van der Waals surface area contributed by atoms with Crippen LogP contribution in [0.2, 0.25) is 0 Å². The van der Waals surface area contributed by atoms with Crippen molar-refractivity contribution in [1.29, 1.82) is 0 Å². The Morgan fingerprint density at radius 3 is 2.67 bits per heavy atom. The Labute approximate surface area is 127 Å². The quantitative estimate of drug-likeness (QED) is 0.815. The van der Waals surface area contributed by atoms with Crippen molar-refractivity contribution in [3.63, 3.8) is 0 Å². The van der Waals surface area contributed by atoms with Crippen LogP contribution in [-0.4, -0.2) is 36.5 Å². The molecule has 1 atom stereocenters. The number of nitrogens with one attached hydrogen (secondary N) is 1. The van der Waals surface area contributed by atoms with E-state index in [-0.39, 0.29) is 5.91 Å². The van der Waals surface area contributed by atoms with Gasteiger partial charge in [0.05, 0.1) is 0 Å². The zero-order valence-electron chi connectivity index (χ0n) is 12.5. The number of rotatable bonds is 6. The van der Waals surface area contributed by atoms with Gasteiger partial charge in [0.15, 0.2) is 0 Å². The molecule has 2 aliphatic rings. The minimum Gasteiger partial charge on any atom is -0.337 e. The van der Waals surface area contributed by atoms with Gasteiger partial charge in [0.1, 0.15) is 0 Å². The molecular formula is C18H24N2O. The van der Waals surface area contributed by atoms with E-state index in [4.69, 9.17) is 0 Å². The SMILES string of the molecule is O=C(/C=C/c1ccccc1)N(CC1CC1)CC1CCCN1. The lowest BCUT2D eigenvalue weighted by Gasteiger charge is -2.24. The first-order valence-corrected chi connectivity index (χ1v) is 8.07. The second kappa shape index (κ2) is 6.90. The largest absolute Gasteiger partial charge is 0.337 e. The summed E-state index contributed by atoms with van der Waals surface area (Å²) in [5.74, 6) is 0.889. The second-order valence-electron chi connectivity index (χ2n) is 6.22. The first kappa shape index (κ1) is 14.3. The van der Waals surface area contributed by atoms with Crippen LogP contribution >= 0.6 is 0 Å². The third-order valence-corrected chi connectivity index (χ3v) is 4.31. The number of benzene rings is 1. The summed E-state index contributed by atoms with van der Waals surface area (Å²) in [7, 11) is 0. The Balaban J connectivity index is 1.60. The molecule has 0 aromatic heterocycles. The van der Waals surface area contributed by atoms with Crippen molar-refractivity contribution in [3.8, 4) is 0 Å². The van der Waals surface area contributed by atoms with Crippen LogP contribution < -0.4 is 5.32 Å². The third-order valence-electron chi connectivity index (χ3n) is 4.31. The maximum atomic E-state index is 12.5. The lowest BCUT2D eigenvalue weighted by Crippen LogP contribution is -2.41. The fourth-order valence-corrected chi connectivity index (χ4v) is 2.88. The summed E-state index contributed by atoms with van der Waals surface area (Å²) in [5.41, 5.74) is 1.08. The standard InChI is InChI=1S/C18H24N2O/c21-18(11-10-15-5-2-1-3-6-15)20(13-16-8-9-16)14-17-7-4-12-19-17/h1-3,5-6,10-11,16-17,19H,4,7-9,12-14H2/b11-10+. The van der Waals surface area contributed by atoms with Crippen LogP contribution in [0, 0.1) is 5.92 Å². The van der Waals surface area contributed by atoms with Gasteiger partial charge in [-0.2, -0.15) is 0 Å². The van der Waals surface area contributed by atoms with Crippen LogP contribution in [0.15, 0.2) is 36.4 Å². The molecule has 1 aliphatic heterocycles. The van der Waals surface area contributed by atoms with Gasteiger partial charge in [0.2, 0.25) is 5.91 Å². The molecule has 0 spiro atoms. The molecule has 1 saturated heterocycles. The number of nitrogens with zero attached hydrogens (tertiary/aromatic N) is 1. The normalized spacial score (nSPS) is 21.8. The third kappa shape index (κ3) is 4.43. The van der Waals surface area contributed by atoms with Crippen molar-refractivity contribution in [2.75, 3.05) is 19.6 Å². The van der Waals surface area contributed by atoms with Gasteiger partial charge >= 0.3 is 0 Å². The van der Waals surface area contributed by atoms with E-state index in [1.54, 1.807) is 6.08 Å². The molecule has 1 aromatic carbocycles. The van der Waals surface area contributed by atoms with Crippen LogP contribution in [0.3, 0.4) is 0 Å². The number of hydrogen-bond acceptors (Lipinski definition) is 2. The highest BCUT2D eigenvalue weighted by molar-refractivity contribution is 5.91. The van der Waals surface area contributed by atoms with Crippen LogP contribution in [-0.2, 0) is 4.79 Å². The molecule has 1 saturated carbocycles. The van der Waals surface area contributed by atoms with E-state index in [0.717, 1.165) is 31.1 Å². The van der Waals surface area contributed by atoms with Gasteiger partial charge in [0, 0.05) is 25.2 Å². The van der Waals surface area contributed by atoms with Crippen molar-refractivity contribution in [2.24, 2.45) is 5.92 Å². The minimum atomic E-state index is 0.152. The second-order valence-corrected chi connectivity index (χ2v) is 6.22. The van der Waals surface area contributed by atoms with Crippen LogP contribution in [0.4, 0.5) is 0 Å². The van der Waals surface area contributed by atoms with E-state index in [1.165, 1.54) is 25.7 Å². The number of carbonyl (C=O) groups excluding carboxylic acids is 1. The highest BCUT2D eigenvalue weighted by Gasteiger charge is 2.28. The van der Waals surface area contributed by atoms with Crippen molar-refractivity contribution in [2.45, 2.75) is 31.7 Å². The van der Waals surface area contributed by atoms with E-state index in [9.17, 15) is 4.79 Å². The molecule has 3 heteroatoms. The molecule has 1 amide bonds. The summed E-state index contributed by atoms with van der Waals surface area (Å²) >= 11 is 0. The van der Waals surface area contributed by atoms with Crippen LogP contribution in [0.5, 0.6) is 0 Å². The zero-order valence-corrected chi connectivity index (χ0v) is 12.5. The van der Waals surface area contributed by atoms with Gasteiger partial charge in [-0.3, -0.25) is 4.79 Å². The summed E-state index contributed by atoms with van der Waals surface area (Å²) < 4.78 is 0. The van der Waals surface area contributed by atoms with Crippen molar-refractivity contribution >= 4 is 12.0 Å². The van der Waals surface area contributed by atoms with E-state index in [0.29, 0.717) is 6.04 Å². The van der Waals surface area contributed by atoms with Crippen molar-refractivity contribution in [1.82, 2.24) is 10.2 Å².